The lowest BCUT2D eigenvalue weighted by molar-refractivity contribution is 0.252. The van der Waals surface area contributed by atoms with Crippen molar-refractivity contribution >= 4 is 11.7 Å². The summed E-state index contributed by atoms with van der Waals surface area (Å²) < 4.78 is 0. The van der Waals surface area contributed by atoms with E-state index in [-0.39, 0.29) is 5.69 Å². The van der Waals surface area contributed by atoms with Gasteiger partial charge in [-0.05, 0) is 6.42 Å². The Labute approximate surface area is 105 Å². The van der Waals surface area contributed by atoms with Crippen molar-refractivity contribution in [3.05, 3.63) is 12.1 Å². The molecule has 0 aliphatic rings. The third-order valence-electron chi connectivity index (χ3n) is 2.39. The van der Waals surface area contributed by atoms with Gasteiger partial charge in [0.05, 0.1) is 5.69 Å². The molecule has 0 aromatic heterocycles. The first-order valence-electron chi connectivity index (χ1n) is 5.84. The number of aromatic hydroxyl groups is 3. The number of carbonyl (C=O) groups excluding carboxylic acids is 1. The Balaban J connectivity index is 2.49. The van der Waals surface area contributed by atoms with Crippen LogP contribution in [0.2, 0.25) is 0 Å². The number of hydrogen-bond acceptors (Lipinski definition) is 4. The number of hydrogen-bond donors (Lipinski definition) is 5. The highest BCUT2D eigenvalue weighted by atomic mass is 16.3. The average Bonchev–Trinajstić information content (AvgIpc) is 2.31. The second-order valence-electron chi connectivity index (χ2n) is 3.95. The first kappa shape index (κ1) is 14.0. The maximum atomic E-state index is 11.4. The van der Waals surface area contributed by atoms with Gasteiger partial charge in [-0.2, -0.15) is 0 Å². The SMILES string of the molecule is CCCCCNC(=O)Nc1cc(O)c(O)c(O)c1. The standard InChI is InChI=1S/C12H18N2O4/c1-2-3-4-5-13-12(18)14-8-6-9(15)11(17)10(16)7-8/h6-7,15-17H,2-5H2,1H3,(H2,13,14,18). The Morgan fingerprint density at radius 3 is 2.33 bits per heavy atom. The fraction of sp³-hybridized carbons (Fsp3) is 0.417. The highest BCUT2D eigenvalue weighted by Gasteiger charge is 2.09. The number of rotatable bonds is 5. The molecule has 2 amide bonds. The summed E-state index contributed by atoms with van der Waals surface area (Å²) in [5.74, 6) is -1.59. The Kier molecular flexibility index (Phi) is 5.10. The first-order valence-corrected chi connectivity index (χ1v) is 5.84. The molecule has 0 fully saturated rings. The van der Waals surface area contributed by atoms with Gasteiger partial charge in [0.25, 0.3) is 0 Å². The molecule has 1 rings (SSSR count). The lowest BCUT2D eigenvalue weighted by atomic mass is 10.2. The number of phenols is 3. The van der Waals surface area contributed by atoms with E-state index in [1.165, 1.54) is 0 Å². The molecule has 0 saturated heterocycles. The monoisotopic (exact) mass is 254 g/mol. The maximum Gasteiger partial charge on any atom is 0.319 e. The lowest BCUT2D eigenvalue weighted by Crippen LogP contribution is -2.29. The van der Waals surface area contributed by atoms with Crippen molar-refractivity contribution in [3.8, 4) is 17.2 Å². The van der Waals surface area contributed by atoms with Crippen LogP contribution < -0.4 is 10.6 Å². The average molecular weight is 254 g/mol. The normalized spacial score (nSPS) is 10.1. The molecule has 6 heteroatoms. The van der Waals surface area contributed by atoms with E-state index < -0.39 is 23.3 Å². The van der Waals surface area contributed by atoms with Crippen LogP contribution in [0.5, 0.6) is 17.2 Å². The molecule has 1 aromatic rings. The largest absolute Gasteiger partial charge is 0.504 e. The van der Waals surface area contributed by atoms with E-state index in [2.05, 4.69) is 17.6 Å². The predicted octanol–water partition coefficient (Wildman–Crippen LogP) is 2.12. The summed E-state index contributed by atoms with van der Waals surface area (Å²) in [4.78, 5) is 11.4. The molecular formula is C12H18N2O4. The number of amides is 2. The van der Waals surface area contributed by atoms with Crippen LogP contribution in [-0.4, -0.2) is 27.9 Å². The summed E-state index contributed by atoms with van der Waals surface area (Å²) in [6.45, 7) is 2.64. The third kappa shape index (κ3) is 4.04. The van der Waals surface area contributed by atoms with Gasteiger partial charge in [-0.25, -0.2) is 4.79 Å². The molecule has 0 aliphatic carbocycles. The van der Waals surface area contributed by atoms with Gasteiger partial charge in [0, 0.05) is 18.7 Å². The molecule has 5 N–H and O–H groups in total. The molecule has 0 saturated carbocycles. The molecule has 6 nitrogen and oxygen atoms in total. The Morgan fingerprint density at radius 2 is 1.78 bits per heavy atom. The van der Waals surface area contributed by atoms with Gasteiger partial charge in [0.1, 0.15) is 0 Å². The molecule has 0 atom stereocenters. The highest BCUT2D eigenvalue weighted by molar-refractivity contribution is 5.90. The molecule has 0 heterocycles. The van der Waals surface area contributed by atoms with Gasteiger partial charge in [0.15, 0.2) is 17.2 Å². The fourth-order valence-electron chi connectivity index (χ4n) is 1.43. The van der Waals surface area contributed by atoms with Crippen LogP contribution in [0, 0.1) is 0 Å². The number of phenolic OH excluding ortho intramolecular Hbond substituents is 3. The Hall–Kier alpha value is -2.11. The Bertz CT molecular complexity index is 398. The smallest absolute Gasteiger partial charge is 0.319 e. The molecule has 18 heavy (non-hydrogen) atoms. The topological polar surface area (TPSA) is 102 Å². The molecule has 100 valence electrons. The van der Waals surface area contributed by atoms with Crippen molar-refractivity contribution in [3.63, 3.8) is 0 Å². The molecule has 0 aliphatic heterocycles. The summed E-state index contributed by atoms with van der Waals surface area (Å²) >= 11 is 0. The van der Waals surface area contributed by atoms with Gasteiger partial charge in [-0.1, -0.05) is 19.8 Å². The number of urea groups is 1. The summed E-state index contributed by atoms with van der Waals surface area (Å²) in [6.07, 6.45) is 3.01. The molecule has 0 bridgehead atoms. The third-order valence-corrected chi connectivity index (χ3v) is 2.39. The molecule has 0 spiro atoms. The van der Waals surface area contributed by atoms with Gasteiger partial charge in [-0.15, -0.1) is 0 Å². The second kappa shape index (κ2) is 6.58. The van der Waals surface area contributed by atoms with Crippen LogP contribution in [-0.2, 0) is 0 Å². The molecular weight excluding hydrogens is 236 g/mol. The summed E-state index contributed by atoms with van der Waals surface area (Å²) in [5.41, 5.74) is 0.204. The van der Waals surface area contributed by atoms with Crippen molar-refractivity contribution in [1.82, 2.24) is 5.32 Å². The van der Waals surface area contributed by atoms with Crippen molar-refractivity contribution in [1.29, 1.82) is 0 Å². The van der Waals surface area contributed by atoms with Crippen LogP contribution in [0.3, 0.4) is 0 Å². The van der Waals surface area contributed by atoms with Gasteiger partial charge in [0.2, 0.25) is 0 Å². The zero-order valence-corrected chi connectivity index (χ0v) is 10.2. The summed E-state index contributed by atoms with van der Waals surface area (Å²) in [5, 5.41) is 32.7. The predicted molar refractivity (Wildman–Crippen MR) is 68.0 cm³/mol. The van der Waals surface area contributed by atoms with E-state index in [4.69, 9.17) is 5.11 Å². The van der Waals surface area contributed by atoms with Gasteiger partial charge >= 0.3 is 6.03 Å². The number of unbranched alkanes of at least 4 members (excludes halogenated alkanes) is 2. The van der Waals surface area contributed by atoms with Gasteiger partial charge < -0.3 is 26.0 Å². The van der Waals surface area contributed by atoms with Crippen LogP contribution in [0.15, 0.2) is 12.1 Å². The van der Waals surface area contributed by atoms with Crippen LogP contribution in [0.4, 0.5) is 10.5 Å². The molecule has 0 unspecified atom stereocenters. The van der Waals surface area contributed by atoms with E-state index >= 15 is 0 Å². The zero-order valence-electron chi connectivity index (χ0n) is 10.2. The Morgan fingerprint density at radius 1 is 1.17 bits per heavy atom. The molecule has 0 radical (unpaired) electrons. The summed E-state index contributed by atoms with van der Waals surface area (Å²) in [6, 6.07) is 1.89. The van der Waals surface area contributed by atoms with Crippen molar-refractivity contribution < 1.29 is 20.1 Å². The van der Waals surface area contributed by atoms with E-state index in [9.17, 15) is 15.0 Å². The number of nitrogens with one attached hydrogen (secondary N) is 2. The van der Waals surface area contributed by atoms with Crippen molar-refractivity contribution in [2.24, 2.45) is 0 Å². The van der Waals surface area contributed by atoms with E-state index in [1.807, 2.05) is 0 Å². The van der Waals surface area contributed by atoms with Crippen LogP contribution in [0.25, 0.3) is 0 Å². The van der Waals surface area contributed by atoms with Crippen molar-refractivity contribution in [2.45, 2.75) is 26.2 Å². The minimum absolute atomic E-state index is 0.204. The van der Waals surface area contributed by atoms with E-state index in [0.717, 1.165) is 31.4 Å². The maximum absolute atomic E-state index is 11.4. The highest BCUT2D eigenvalue weighted by Crippen LogP contribution is 2.37. The minimum Gasteiger partial charge on any atom is -0.504 e. The number of carbonyl (C=O) groups is 1. The van der Waals surface area contributed by atoms with Crippen LogP contribution >= 0.6 is 0 Å². The zero-order chi connectivity index (χ0) is 13.5. The fourth-order valence-corrected chi connectivity index (χ4v) is 1.43. The van der Waals surface area contributed by atoms with E-state index in [1.54, 1.807) is 0 Å². The quantitative estimate of drug-likeness (QED) is 0.315. The first-order chi connectivity index (χ1) is 8.54. The number of anilines is 1. The van der Waals surface area contributed by atoms with Crippen molar-refractivity contribution in [2.75, 3.05) is 11.9 Å². The molecule has 1 aromatic carbocycles. The van der Waals surface area contributed by atoms with Crippen LogP contribution in [0.1, 0.15) is 26.2 Å². The summed E-state index contributed by atoms with van der Waals surface area (Å²) in [7, 11) is 0. The second-order valence-corrected chi connectivity index (χ2v) is 3.95. The van der Waals surface area contributed by atoms with Gasteiger partial charge in [-0.3, -0.25) is 0 Å². The van der Waals surface area contributed by atoms with E-state index in [0.29, 0.717) is 6.54 Å². The lowest BCUT2D eigenvalue weighted by Gasteiger charge is -2.09. The minimum atomic E-state index is -0.607. The number of benzene rings is 1.